The van der Waals surface area contributed by atoms with E-state index in [0.29, 0.717) is 38.7 Å². The monoisotopic (exact) mass is 962 g/mol. The minimum Gasteiger partial charge on any atom is -0.456 e. The van der Waals surface area contributed by atoms with Crippen molar-refractivity contribution in [2.75, 3.05) is 39.3 Å². The van der Waals surface area contributed by atoms with Crippen LogP contribution in [0.5, 0.6) is 0 Å². The molecule has 1 aliphatic carbocycles. The van der Waals surface area contributed by atoms with E-state index in [4.69, 9.17) is 23.7 Å². The van der Waals surface area contributed by atoms with Gasteiger partial charge in [-0.15, -0.1) is 0 Å². The van der Waals surface area contributed by atoms with Gasteiger partial charge in [0.2, 0.25) is 5.79 Å². The SMILES string of the molecule is CCCOC1CC(C=C(C)C2OC(=O)C3CCCCN3C(=O)C(=O)C3(O)OC(C(OC)CC(C)CC(C)=CC(CC)C(=O)CC(O)C2C)C(OC)CC3C)CCC1N(C)c1ccc2c(ccn2C)c1. The maximum atomic E-state index is 14.7. The first kappa shape index (κ1) is 54.4. The number of rotatable bonds is 10. The van der Waals surface area contributed by atoms with Gasteiger partial charge in [-0.1, -0.05) is 52.3 Å². The van der Waals surface area contributed by atoms with Crippen LogP contribution in [0.1, 0.15) is 126 Å². The number of piperidine rings is 1. The number of nitrogens with zero attached hydrogens (tertiary/aromatic N) is 3. The highest BCUT2D eigenvalue weighted by Crippen LogP contribution is 2.40. The largest absolute Gasteiger partial charge is 0.456 e. The van der Waals surface area contributed by atoms with Gasteiger partial charge in [-0.2, -0.15) is 0 Å². The third-order valence-corrected chi connectivity index (χ3v) is 15.9. The van der Waals surface area contributed by atoms with Crippen molar-refractivity contribution >= 4 is 40.0 Å². The highest BCUT2D eigenvalue weighted by atomic mass is 16.7. The molecule has 4 heterocycles. The van der Waals surface area contributed by atoms with Gasteiger partial charge < -0.3 is 48.3 Å². The maximum Gasteiger partial charge on any atom is 0.329 e. The molecule has 1 amide bonds. The number of aliphatic hydroxyl groups excluding tert-OH is 1. The number of amides is 1. The molecule has 14 nitrogen and oxygen atoms in total. The average Bonchev–Trinajstić information content (AvgIpc) is 3.71. The van der Waals surface area contributed by atoms with E-state index in [9.17, 15) is 29.4 Å². The van der Waals surface area contributed by atoms with Crippen molar-refractivity contribution in [3.63, 3.8) is 0 Å². The molecule has 1 aromatic heterocycles. The molecule has 1 saturated carbocycles. The van der Waals surface area contributed by atoms with Crippen LogP contribution in [0, 0.1) is 29.6 Å². The van der Waals surface area contributed by atoms with Crippen LogP contribution >= 0.6 is 0 Å². The molecule has 2 aromatic rings. The molecule has 1 aromatic carbocycles. The normalized spacial score (nSPS) is 35.3. The van der Waals surface area contributed by atoms with E-state index in [1.165, 1.54) is 15.8 Å². The highest BCUT2D eigenvalue weighted by Gasteiger charge is 2.56. The second kappa shape index (κ2) is 24.0. The lowest BCUT2D eigenvalue weighted by Gasteiger charge is -2.47. The molecule has 3 fully saturated rings. The van der Waals surface area contributed by atoms with Crippen LogP contribution in [0.15, 0.2) is 53.8 Å². The number of aromatic nitrogens is 1. The molecule has 14 atom stereocenters. The second-order valence-electron chi connectivity index (χ2n) is 21.1. The fraction of sp³-hybridized carbons (Fsp3) is 0.709. The van der Waals surface area contributed by atoms with Crippen LogP contribution < -0.4 is 4.90 Å². The molecule has 4 aliphatic rings. The number of ketones is 2. The fourth-order valence-corrected chi connectivity index (χ4v) is 11.7. The fourth-order valence-electron chi connectivity index (χ4n) is 11.7. The standard InChI is InChI=1S/C55H83N3O11/c1-12-24-67-47-30-38(17-19-43(47)57(9)41-18-20-42-40(31-41)21-23-56(42)8)28-35(5)50-37(7)45(59)32-46(60)39(13-2)26-33(3)25-34(4)27-48(65-10)51-49(66-11)29-36(6)55(64,69-51)52(61)53(62)58-22-15-14-16-44(58)54(63)68-50/h18,20-21,23,26,28,31,34,36-39,43-45,47-51,59,64H,12-17,19,22,24-25,27,29-30,32H2,1-11H3. The minimum atomic E-state index is -2.51. The van der Waals surface area contributed by atoms with Crippen molar-refractivity contribution < 1.29 is 53.1 Å². The van der Waals surface area contributed by atoms with Gasteiger partial charge >= 0.3 is 5.97 Å². The molecule has 2 saturated heterocycles. The van der Waals surface area contributed by atoms with Crippen molar-refractivity contribution in [1.82, 2.24) is 9.47 Å². The summed E-state index contributed by atoms with van der Waals surface area (Å²) in [5, 5.41) is 25.3. The van der Waals surface area contributed by atoms with Gasteiger partial charge in [0.25, 0.3) is 11.7 Å². The van der Waals surface area contributed by atoms with Gasteiger partial charge in [0, 0.05) is 88.4 Å². The topological polar surface area (TPSA) is 166 Å². The summed E-state index contributed by atoms with van der Waals surface area (Å²) in [6.07, 6.45) is 8.40. The minimum absolute atomic E-state index is 0.0336. The number of cyclic esters (lactones) is 1. The van der Waals surface area contributed by atoms with Gasteiger partial charge in [-0.25, -0.2) is 4.79 Å². The number of likely N-dealkylation sites (N-methyl/N-ethyl adjacent to an activating group) is 1. The number of carbonyl (C=O) groups is 4. The molecular formula is C55H83N3O11. The number of allylic oxidation sites excluding steroid dienone is 3. The summed E-state index contributed by atoms with van der Waals surface area (Å²) in [5.74, 6) is -7.37. The third kappa shape index (κ3) is 12.4. The number of methoxy groups -OCH3 is 2. The Morgan fingerprint density at radius 2 is 1.68 bits per heavy atom. The number of aliphatic hydroxyl groups is 2. The Balaban J connectivity index is 1.32. The Kier molecular flexibility index (Phi) is 18.9. The van der Waals surface area contributed by atoms with Gasteiger partial charge in [0.1, 0.15) is 24.0 Å². The number of Topliss-reactive ketones (excluding diaryl/α,β-unsaturated/α-hetero) is 2. The van der Waals surface area contributed by atoms with E-state index >= 15 is 0 Å². The van der Waals surface area contributed by atoms with Gasteiger partial charge in [-0.3, -0.25) is 14.4 Å². The first-order valence-corrected chi connectivity index (χ1v) is 25.8. The first-order valence-electron chi connectivity index (χ1n) is 25.8. The molecule has 2 bridgehead atoms. The number of aryl methyl sites for hydroxylation is 1. The lowest BCUT2D eigenvalue weighted by Crippen LogP contribution is -2.64. The quantitative estimate of drug-likeness (QED) is 0.135. The zero-order chi connectivity index (χ0) is 50.3. The Bertz CT molecular complexity index is 2150. The predicted octanol–water partition coefficient (Wildman–Crippen LogP) is 7.89. The number of esters is 1. The van der Waals surface area contributed by atoms with Crippen LogP contribution in [-0.2, 0) is 49.9 Å². The maximum absolute atomic E-state index is 14.7. The number of hydrogen-bond donors (Lipinski definition) is 2. The van der Waals surface area contributed by atoms with E-state index in [1.807, 2.05) is 33.9 Å². The molecule has 2 N–H and O–H groups in total. The predicted molar refractivity (Wildman–Crippen MR) is 266 cm³/mol. The molecule has 14 heteroatoms. The molecular weight excluding hydrogens is 879 g/mol. The van der Waals surface area contributed by atoms with Crippen molar-refractivity contribution in [3.05, 3.63) is 53.8 Å². The molecule has 69 heavy (non-hydrogen) atoms. The smallest absolute Gasteiger partial charge is 0.329 e. The third-order valence-electron chi connectivity index (χ3n) is 15.9. The summed E-state index contributed by atoms with van der Waals surface area (Å²) >= 11 is 0. The Labute approximate surface area is 411 Å². The van der Waals surface area contributed by atoms with Gasteiger partial charge in [0.15, 0.2) is 0 Å². The summed E-state index contributed by atoms with van der Waals surface area (Å²) in [7, 11) is 7.27. The number of ether oxygens (including phenoxy) is 5. The van der Waals surface area contributed by atoms with Crippen molar-refractivity contribution in [2.24, 2.45) is 36.6 Å². The number of hydrogen-bond acceptors (Lipinski definition) is 12. The van der Waals surface area contributed by atoms with Crippen LogP contribution in [0.25, 0.3) is 10.9 Å². The van der Waals surface area contributed by atoms with Gasteiger partial charge in [0.05, 0.1) is 30.5 Å². The highest BCUT2D eigenvalue weighted by molar-refractivity contribution is 6.39. The molecule has 0 radical (unpaired) electrons. The van der Waals surface area contributed by atoms with E-state index in [0.717, 1.165) is 42.5 Å². The van der Waals surface area contributed by atoms with Crippen LogP contribution in [0.4, 0.5) is 5.69 Å². The number of anilines is 1. The Hall–Kier alpha value is -3.92. The summed E-state index contributed by atoms with van der Waals surface area (Å²) in [6, 6.07) is 7.67. The van der Waals surface area contributed by atoms with Crippen molar-refractivity contribution in [2.45, 2.75) is 180 Å². The van der Waals surface area contributed by atoms with Crippen molar-refractivity contribution in [3.8, 4) is 0 Å². The second-order valence-corrected chi connectivity index (χ2v) is 21.1. The molecule has 0 spiro atoms. The number of benzene rings is 1. The lowest BCUT2D eigenvalue weighted by molar-refractivity contribution is -0.302. The van der Waals surface area contributed by atoms with Crippen molar-refractivity contribution in [1.29, 1.82) is 0 Å². The summed E-state index contributed by atoms with van der Waals surface area (Å²) < 4.78 is 33.3. The molecule has 6 rings (SSSR count). The van der Waals surface area contributed by atoms with E-state index in [2.05, 4.69) is 66.9 Å². The number of carbonyl (C=O) groups excluding carboxylic acids is 4. The average molecular weight is 962 g/mol. The van der Waals surface area contributed by atoms with E-state index in [1.54, 1.807) is 28.1 Å². The molecule has 384 valence electrons. The number of fused-ring (bicyclic) bond motifs is 4. The summed E-state index contributed by atoms with van der Waals surface area (Å²) in [6.45, 7) is 14.2. The van der Waals surface area contributed by atoms with Crippen LogP contribution in [0.2, 0.25) is 0 Å². The first-order chi connectivity index (χ1) is 32.8. The lowest BCUT2D eigenvalue weighted by atomic mass is 9.80. The summed E-state index contributed by atoms with van der Waals surface area (Å²) in [5.41, 5.74) is 4.03. The Morgan fingerprint density at radius 3 is 2.38 bits per heavy atom. The van der Waals surface area contributed by atoms with Crippen LogP contribution in [-0.4, -0.2) is 132 Å². The molecule has 14 unspecified atom stereocenters. The van der Waals surface area contributed by atoms with Crippen LogP contribution in [0.3, 0.4) is 0 Å². The Morgan fingerprint density at radius 1 is 0.957 bits per heavy atom. The zero-order valence-electron chi connectivity index (χ0n) is 43.4. The van der Waals surface area contributed by atoms with E-state index in [-0.39, 0.29) is 55.6 Å². The van der Waals surface area contributed by atoms with Gasteiger partial charge in [-0.05, 0) is 126 Å². The summed E-state index contributed by atoms with van der Waals surface area (Å²) in [4.78, 5) is 61.2. The zero-order valence-corrected chi connectivity index (χ0v) is 43.4. The molecule has 3 aliphatic heterocycles. The van der Waals surface area contributed by atoms with E-state index < -0.39 is 77.8 Å².